The molecule has 0 atom stereocenters. The highest BCUT2D eigenvalue weighted by Gasteiger charge is 2.19. The largest absolute Gasteiger partial charge is 0.383 e. The van der Waals surface area contributed by atoms with Gasteiger partial charge in [-0.2, -0.15) is 0 Å². The molecule has 28 heavy (non-hydrogen) atoms. The van der Waals surface area contributed by atoms with Crippen LogP contribution in [-0.4, -0.2) is 36.4 Å². The Morgan fingerprint density at radius 3 is 2.39 bits per heavy atom. The van der Waals surface area contributed by atoms with Gasteiger partial charge in [0.05, 0.1) is 4.92 Å². The summed E-state index contributed by atoms with van der Waals surface area (Å²) < 4.78 is 0. The lowest BCUT2D eigenvalue weighted by molar-refractivity contribution is -0.384. The van der Waals surface area contributed by atoms with Crippen LogP contribution in [0, 0.1) is 10.1 Å². The molecule has 1 heterocycles. The predicted molar refractivity (Wildman–Crippen MR) is 107 cm³/mol. The van der Waals surface area contributed by atoms with E-state index < -0.39 is 4.92 Å². The highest BCUT2D eigenvalue weighted by molar-refractivity contribution is 5.96. The van der Waals surface area contributed by atoms with Gasteiger partial charge in [-0.15, -0.1) is 0 Å². The van der Waals surface area contributed by atoms with Crippen molar-refractivity contribution >= 4 is 28.9 Å². The number of benzene rings is 2. The van der Waals surface area contributed by atoms with Gasteiger partial charge in [-0.25, -0.2) is 0 Å². The molecule has 1 aliphatic rings. The molecule has 0 aromatic heterocycles. The first-order valence-corrected chi connectivity index (χ1v) is 9.21. The molecule has 146 valence electrons. The van der Waals surface area contributed by atoms with Crippen molar-refractivity contribution in [1.29, 1.82) is 0 Å². The summed E-state index contributed by atoms with van der Waals surface area (Å²) in [6.45, 7) is 1.62. The minimum Gasteiger partial charge on any atom is -0.383 e. The number of hydrogen-bond donors (Lipinski definition) is 2. The average Bonchev–Trinajstić information content (AvgIpc) is 2.72. The second-order valence-electron chi connectivity index (χ2n) is 6.54. The Morgan fingerprint density at radius 2 is 1.75 bits per heavy atom. The van der Waals surface area contributed by atoms with Gasteiger partial charge in [0.15, 0.2) is 0 Å². The summed E-state index contributed by atoms with van der Waals surface area (Å²) >= 11 is 0. The predicted octanol–water partition coefficient (Wildman–Crippen LogP) is 2.95. The number of nitro benzene ring substituents is 1. The van der Waals surface area contributed by atoms with Gasteiger partial charge in [0.1, 0.15) is 0 Å². The van der Waals surface area contributed by atoms with Crippen molar-refractivity contribution in [3.63, 3.8) is 0 Å². The number of non-ortho nitro benzene ring substituents is 1. The van der Waals surface area contributed by atoms with Gasteiger partial charge in [0.2, 0.25) is 5.91 Å². The van der Waals surface area contributed by atoms with Crippen LogP contribution in [0.2, 0.25) is 0 Å². The van der Waals surface area contributed by atoms with Crippen LogP contribution in [0.4, 0.5) is 17.1 Å². The van der Waals surface area contributed by atoms with Crippen molar-refractivity contribution in [3.8, 4) is 0 Å². The van der Waals surface area contributed by atoms with E-state index >= 15 is 0 Å². The number of nitrogens with one attached hydrogen (secondary N) is 2. The molecule has 8 heteroatoms. The summed E-state index contributed by atoms with van der Waals surface area (Å²) in [5, 5.41) is 16.5. The molecular weight excluding hydrogens is 360 g/mol. The topological polar surface area (TPSA) is 105 Å². The van der Waals surface area contributed by atoms with Crippen molar-refractivity contribution in [2.24, 2.45) is 0 Å². The van der Waals surface area contributed by atoms with E-state index in [2.05, 4.69) is 10.6 Å². The molecule has 1 aliphatic heterocycles. The minimum atomic E-state index is -0.448. The Bertz CT molecular complexity index is 850. The van der Waals surface area contributed by atoms with E-state index in [4.69, 9.17) is 0 Å². The van der Waals surface area contributed by atoms with Crippen molar-refractivity contribution in [1.82, 2.24) is 5.32 Å². The number of amides is 2. The first-order valence-electron chi connectivity index (χ1n) is 9.21. The van der Waals surface area contributed by atoms with Crippen molar-refractivity contribution in [3.05, 3.63) is 64.2 Å². The lowest BCUT2D eigenvalue weighted by Gasteiger charge is -2.26. The number of nitro groups is 1. The van der Waals surface area contributed by atoms with Crippen molar-refractivity contribution in [2.45, 2.75) is 19.3 Å². The standard InChI is InChI=1S/C20H22N4O4/c25-19-3-1-2-14-23(19)17-8-4-15(5-9-17)20(26)22-13-12-21-16-6-10-18(11-7-16)24(27)28/h4-11,21H,1-3,12-14H2,(H,22,26). The first-order chi connectivity index (χ1) is 13.5. The molecule has 2 aromatic carbocycles. The third-order valence-corrected chi connectivity index (χ3v) is 4.58. The van der Waals surface area contributed by atoms with Crippen LogP contribution in [0.15, 0.2) is 48.5 Å². The molecule has 0 spiro atoms. The molecular formula is C20H22N4O4. The Hall–Kier alpha value is -3.42. The molecule has 1 saturated heterocycles. The third-order valence-electron chi connectivity index (χ3n) is 4.58. The van der Waals surface area contributed by atoms with E-state index in [9.17, 15) is 19.7 Å². The molecule has 0 bridgehead atoms. The second kappa shape index (κ2) is 8.98. The Balaban J connectivity index is 1.45. The fourth-order valence-corrected chi connectivity index (χ4v) is 3.06. The molecule has 0 radical (unpaired) electrons. The Labute approximate surface area is 162 Å². The van der Waals surface area contributed by atoms with E-state index in [0.717, 1.165) is 30.8 Å². The maximum Gasteiger partial charge on any atom is 0.269 e. The second-order valence-corrected chi connectivity index (χ2v) is 6.54. The molecule has 2 amide bonds. The lowest BCUT2D eigenvalue weighted by atomic mass is 10.1. The fraction of sp³-hybridized carbons (Fsp3) is 0.300. The van der Waals surface area contributed by atoms with Crippen LogP contribution in [0.1, 0.15) is 29.6 Å². The minimum absolute atomic E-state index is 0.0357. The molecule has 0 saturated carbocycles. The lowest BCUT2D eigenvalue weighted by Crippen LogP contribution is -2.35. The number of carbonyl (C=O) groups excluding carboxylic acids is 2. The SMILES string of the molecule is O=C(NCCNc1ccc([N+](=O)[O-])cc1)c1ccc(N2CCCCC2=O)cc1. The third kappa shape index (κ3) is 4.85. The van der Waals surface area contributed by atoms with Crippen LogP contribution in [0.3, 0.4) is 0 Å². The van der Waals surface area contributed by atoms with Crippen LogP contribution in [-0.2, 0) is 4.79 Å². The monoisotopic (exact) mass is 382 g/mol. The van der Waals surface area contributed by atoms with Crippen LogP contribution in [0.5, 0.6) is 0 Å². The van der Waals surface area contributed by atoms with Crippen molar-refractivity contribution in [2.75, 3.05) is 29.9 Å². The summed E-state index contributed by atoms with van der Waals surface area (Å²) in [6, 6.07) is 13.1. The molecule has 0 aliphatic carbocycles. The van der Waals surface area contributed by atoms with E-state index in [1.54, 1.807) is 41.3 Å². The van der Waals surface area contributed by atoms with Gasteiger partial charge in [-0.05, 0) is 49.2 Å². The molecule has 1 fully saturated rings. The van der Waals surface area contributed by atoms with Crippen LogP contribution < -0.4 is 15.5 Å². The van der Waals surface area contributed by atoms with Crippen molar-refractivity contribution < 1.29 is 14.5 Å². The number of piperidine rings is 1. The first kappa shape index (κ1) is 19.3. The van der Waals surface area contributed by atoms with E-state index in [1.807, 2.05) is 0 Å². The Kier molecular flexibility index (Phi) is 6.21. The highest BCUT2D eigenvalue weighted by Crippen LogP contribution is 2.21. The normalized spacial score (nSPS) is 13.9. The molecule has 0 unspecified atom stereocenters. The average molecular weight is 382 g/mol. The zero-order chi connectivity index (χ0) is 19.9. The Morgan fingerprint density at radius 1 is 1.04 bits per heavy atom. The number of carbonyl (C=O) groups is 2. The van der Waals surface area contributed by atoms with E-state index in [-0.39, 0.29) is 17.5 Å². The summed E-state index contributed by atoms with van der Waals surface area (Å²) in [7, 11) is 0. The fourth-order valence-electron chi connectivity index (χ4n) is 3.06. The summed E-state index contributed by atoms with van der Waals surface area (Å²) in [4.78, 5) is 36.1. The molecule has 8 nitrogen and oxygen atoms in total. The van der Waals surface area contributed by atoms with E-state index in [0.29, 0.717) is 25.1 Å². The molecule has 2 N–H and O–H groups in total. The van der Waals surface area contributed by atoms with Gasteiger partial charge in [0.25, 0.3) is 11.6 Å². The maximum atomic E-state index is 12.2. The van der Waals surface area contributed by atoms with Gasteiger partial charge in [-0.1, -0.05) is 0 Å². The summed E-state index contributed by atoms with van der Waals surface area (Å²) in [6.07, 6.45) is 2.50. The maximum absolute atomic E-state index is 12.2. The number of nitrogens with zero attached hydrogens (tertiary/aromatic N) is 2. The van der Waals surface area contributed by atoms with Gasteiger partial charge in [-0.3, -0.25) is 19.7 Å². The van der Waals surface area contributed by atoms with Crippen LogP contribution in [0.25, 0.3) is 0 Å². The number of rotatable bonds is 7. The van der Waals surface area contributed by atoms with Crippen LogP contribution >= 0.6 is 0 Å². The highest BCUT2D eigenvalue weighted by atomic mass is 16.6. The summed E-state index contributed by atoms with van der Waals surface area (Å²) in [5.74, 6) is -0.0669. The zero-order valence-electron chi connectivity index (χ0n) is 15.4. The zero-order valence-corrected chi connectivity index (χ0v) is 15.4. The van der Waals surface area contributed by atoms with Gasteiger partial charge >= 0.3 is 0 Å². The quantitative estimate of drug-likeness (QED) is 0.435. The van der Waals surface area contributed by atoms with Gasteiger partial charge < -0.3 is 15.5 Å². The molecule has 3 rings (SSSR count). The number of hydrogen-bond acceptors (Lipinski definition) is 5. The smallest absolute Gasteiger partial charge is 0.269 e. The van der Waals surface area contributed by atoms with E-state index in [1.165, 1.54) is 12.1 Å². The molecule has 2 aromatic rings. The number of anilines is 2. The summed E-state index contributed by atoms with van der Waals surface area (Å²) in [5.41, 5.74) is 2.13. The van der Waals surface area contributed by atoms with Gasteiger partial charge in [0, 0.05) is 55.1 Å².